The summed E-state index contributed by atoms with van der Waals surface area (Å²) in [6.45, 7) is 1.50. The zero-order valence-electron chi connectivity index (χ0n) is 10.8. The highest BCUT2D eigenvalue weighted by molar-refractivity contribution is 5.59. The second-order valence-electron chi connectivity index (χ2n) is 4.85. The van der Waals surface area contributed by atoms with E-state index in [4.69, 9.17) is 5.73 Å². The van der Waals surface area contributed by atoms with Crippen molar-refractivity contribution in [3.8, 4) is 17.5 Å². The van der Waals surface area contributed by atoms with Crippen molar-refractivity contribution in [2.45, 2.75) is 32.4 Å². The highest BCUT2D eigenvalue weighted by Gasteiger charge is 2.20. The predicted octanol–water partition coefficient (Wildman–Crippen LogP) is 2.22. The van der Waals surface area contributed by atoms with Crippen LogP contribution in [0.3, 0.4) is 0 Å². The van der Waals surface area contributed by atoms with Gasteiger partial charge in [-0.3, -0.25) is 0 Å². The molecule has 0 amide bonds. The molecule has 0 bridgehead atoms. The fourth-order valence-corrected chi connectivity index (χ4v) is 2.64. The number of nitrogens with two attached hydrogens (primary N) is 1. The summed E-state index contributed by atoms with van der Waals surface area (Å²) in [6, 6.07) is 10.3. The second-order valence-corrected chi connectivity index (χ2v) is 4.85. The molecule has 0 unspecified atom stereocenters. The van der Waals surface area contributed by atoms with Gasteiger partial charge in [0.15, 0.2) is 5.69 Å². The number of nitrogens with zero attached hydrogens (tertiary/aromatic N) is 3. The molecule has 2 N–H and O–H groups in total. The average Bonchev–Trinajstić information content (AvgIpc) is 2.86. The normalized spacial score (nSPS) is 13.9. The van der Waals surface area contributed by atoms with E-state index in [9.17, 15) is 5.26 Å². The van der Waals surface area contributed by atoms with E-state index >= 15 is 0 Å². The summed E-state index contributed by atoms with van der Waals surface area (Å²) >= 11 is 0. The molecule has 2 aromatic rings. The summed E-state index contributed by atoms with van der Waals surface area (Å²) in [4.78, 5) is 4.51. The van der Waals surface area contributed by atoms with Crippen LogP contribution in [0.15, 0.2) is 24.3 Å². The molecule has 0 spiro atoms. The number of nitriles is 1. The number of imidazole rings is 1. The van der Waals surface area contributed by atoms with Gasteiger partial charge in [-0.1, -0.05) is 24.3 Å². The Balaban J connectivity index is 2.09. The maximum absolute atomic E-state index is 9.19. The molecule has 0 atom stereocenters. The van der Waals surface area contributed by atoms with Crippen molar-refractivity contribution in [1.29, 1.82) is 5.26 Å². The third kappa shape index (κ3) is 2.02. The molecule has 0 fully saturated rings. The molecule has 1 aliphatic heterocycles. The lowest BCUT2D eigenvalue weighted by Gasteiger charge is -2.16. The third-order valence-electron chi connectivity index (χ3n) is 3.67. The SMILES string of the molecule is N#Cc1nc(-c2ccc(CN)cc2)n2c1CCCC2. The van der Waals surface area contributed by atoms with Crippen molar-refractivity contribution >= 4 is 0 Å². The van der Waals surface area contributed by atoms with E-state index < -0.39 is 0 Å². The monoisotopic (exact) mass is 252 g/mol. The average molecular weight is 252 g/mol. The maximum atomic E-state index is 9.19. The smallest absolute Gasteiger partial charge is 0.162 e. The minimum Gasteiger partial charge on any atom is -0.327 e. The van der Waals surface area contributed by atoms with Gasteiger partial charge in [-0.15, -0.1) is 0 Å². The van der Waals surface area contributed by atoms with E-state index in [1.807, 2.05) is 24.3 Å². The lowest BCUT2D eigenvalue weighted by Crippen LogP contribution is -2.11. The number of fused-ring (bicyclic) bond motifs is 1. The Bertz CT molecular complexity index is 631. The van der Waals surface area contributed by atoms with E-state index in [0.717, 1.165) is 48.5 Å². The summed E-state index contributed by atoms with van der Waals surface area (Å²) in [6.07, 6.45) is 3.25. The molecule has 2 heterocycles. The van der Waals surface area contributed by atoms with Crippen LogP contribution in [0.25, 0.3) is 11.4 Å². The first kappa shape index (κ1) is 11.9. The maximum Gasteiger partial charge on any atom is 0.162 e. The van der Waals surface area contributed by atoms with Crippen molar-refractivity contribution < 1.29 is 0 Å². The van der Waals surface area contributed by atoms with Crippen LogP contribution in [-0.2, 0) is 19.5 Å². The van der Waals surface area contributed by atoms with Gasteiger partial charge in [0.2, 0.25) is 0 Å². The number of aromatic nitrogens is 2. The quantitative estimate of drug-likeness (QED) is 0.891. The van der Waals surface area contributed by atoms with Gasteiger partial charge in [0.1, 0.15) is 11.9 Å². The minimum absolute atomic E-state index is 0.545. The molecule has 4 nitrogen and oxygen atoms in total. The number of rotatable bonds is 2. The van der Waals surface area contributed by atoms with Crippen LogP contribution >= 0.6 is 0 Å². The first-order valence-electron chi connectivity index (χ1n) is 6.62. The van der Waals surface area contributed by atoms with Crippen molar-refractivity contribution in [3.05, 3.63) is 41.2 Å². The lowest BCUT2D eigenvalue weighted by atomic mass is 10.1. The Labute approximate surface area is 112 Å². The number of hydrogen-bond acceptors (Lipinski definition) is 3. The Kier molecular flexibility index (Phi) is 3.06. The third-order valence-corrected chi connectivity index (χ3v) is 3.67. The van der Waals surface area contributed by atoms with E-state index in [1.54, 1.807) is 0 Å². The summed E-state index contributed by atoms with van der Waals surface area (Å²) < 4.78 is 2.19. The molecule has 96 valence electrons. The predicted molar refractivity (Wildman–Crippen MR) is 73.2 cm³/mol. The zero-order chi connectivity index (χ0) is 13.2. The Morgan fingerprint density at radius 3 is 2.74 bits per heavy atom. The molecule has 1 aromatic carbocycles. The van der Waals surface area contributed by atoms with Gasteiger partial charge in [0.25, 0.3) is 0 Å². The molecule has 1 aromatic heterocycles. The van der Waals surface area contributed by atoms with E-state index in [0.29, 0.717) is 12.2 Å². The van der Waals surface area contributed by atoms with Gasteiger partial charge in [0.05, 0.1) is 5.69 Å². The zero-order valence-corrected chi connectivity index (χ0v) is 10.8. The number of benzene rings is 1. The van der Waals surface area contributed by atoms with E-state index in [1.165, 1.54) is 0 Å². The molecule has 0 radical (unpaired) electrons. The van der Waals surface area contributed by atoms with Crippen molar-refractivity contribution in [2.75, 3.05) is 0 Å². The highest BCUT2D eigenvalue weighted by atomic mass is 15.1. The van der Waals surface area contributed by atoms with Crippen molar-refractivity contribution in [2.24, 2.45) is 5.73 Å². The minimum atomic E-state index is 0.545. The first-order valence-corrected chi connectivity index (χ1v) is 6.62. The van der Waals surface area contributed by atoms with E-state index in [-0.39, 0.29) is 0 Å². The second kappa shape index (κ2) is 4.87. The number of hydrogen-bond donors (Lipinski definition) is 1. The molecule has 0 aliphatic carbocycles. The topological polar surface area (TPSA) is 67.6 Å². The van der Waals surface area contributed by atoms with Crippen LogP contribution in [0.4, 0.5) is 0 Å². The van der Waals surface area contributed by atoms with Gasteiger partial charge >= 0.3 is 0 Å². The van der Waals surface area contributed by atoms with Crippen LogP contribution in [0.1, 0.15) is 29.8 Å². The molecular weight excluding hydrogens is 236 g/mol. The summed E-state index contributed by atoms with van der Waals surface area (Å²) in [5.41, 5.74) is 9.45. The van der Waals surface area contributed by atoms with Gasteiger partial charge in [-0.2, -0.15) is 5.26 Å². The molecule has 0 saturated carbocycles. The van der Waals surface area contributed by atoms with Gasteiger partial charge in [-0.25, -0.2) is 4.98 Å². The van der Waals surface area contributed by atoms with Gasteiger partial charge in [0, 0.05) is 18.7 Å². The van der Waals surface area contributed by atoms with Crippen LogP contribution in [0.2, 0.25) is 0 Å². The molecule has 4 heteroatoms. The van der Waals surface area contributed by atoms with Gasteiger partial charge in [-0.05, 0) is 24.8 Å². The van der Waals surface area contributed by atoms with Crippen LogP contribution in [-0.4, -0.2) is 9.55 Å². The first-order chi connectivity index (χ1) is 9.33. The highest BCUT2D eigenvalue weighted by Crippen LogP contribution is 2.27. The molecule has 0 saturated heterocycles. The van der Waals surface area contributed by atoms with Crippen LogP contribution in [0, 0.1) is 11.3 Å². The summed E-state index contributed by atoms with van der Waals surface area (Å²) in [7, 11) is 0. The Hall–Kier alpha value is -2.12. The van der Waals surface area contributed by atoms with Crippen molar-refractivity contribution in [3.63, 3.8) is 0 Å². The molecular formula is C15H16N4. The summed E-state index contributed by atoms with van der Waals surface area (Å²) in [5, 5.41) is 9.19. The molecule has 3 rings (SSSR count). The standard InChI is InChI=1S/C15H16N4/c16-9-11-4-6-12(7-5-11)15-18-13(10-17)14-3-1-2-8-19(14)15/h4-7H,1-3,8-9,16H2. The van der Waals surface area contributed by atoms with Crippen molar-refractivity contribution in [1.82, 2.24) is 9.55 Å². The van der Waals surface area contributed by atoms with E-state index in [2.05, 4.69) is 15.6 Å². The molecule has 19 heavy (non-hydrogen) atoms. The lowest BCUT2D eigenvalue weighted by molar-refractivity contribution is 0.535. The Morgan fingerprint density at radius 2 is 2.05 bits per heavy atom. The van der Waals surface area contributed by atoms with Crippen LogP contribution < -0.4 is 5.73 Å². The Morgan fingerprint density at radius 1 is 1.26 bits per heavy atom. The largest absolute Gasteiger partial charge is 0.327 e. The van der Waals surface area contributed by atoms with Gasteiger partial charge < -0.3 is 10.3 Å². The fourth-order valence-electron chi connectivity index (χ4n) is 2.64. The van der Waals surface area contributed by atoms with Crippen LogP contribution in [0.5, 0.6) is 0 Å². The summed E-state index contributed by atoms with van der Waals surface area (Å²) in [5.74, 6) is 0.912. The fraction of sp³-hybridized carbons (Fsp3) is 0.333. The molecule has 1 aliphatic rings.